The van der Waals surface area contributed by atoms with Crippen molar-refractivity contribution < 1.29 is 9.53 Å². The molecule has 2 rings (SSSR count). The first-order valence-corrected chi connectivity index (χ1v) is 8.03. The summed E-state index contributed by atoms with van der Waals surface area (Å²) in [4.78, 5) is 16.5. The molecule has 0 bridgehead atoms. The summed E-state index contributed by atoms with van der Waals surface area (Å²) in [5, 5.41) is 0.345. The van der Waals surface area contributed by atoms with Crippen LogP contribution < -0.4 is 0 Å². The van der Waals surface area contributed by atoms with E-state index in [4.69, 9.17) is 16.3 Å². The molecule has 21 heavy (non-hydrogen) atoms. The number of hydrogen-bond donors (Lipinski definition) is 0. The van der Waals surface area contributed by atoms with Crippen LogP contribution in [0.2, 0.25) is 5.15 Å². The lowest BCUT2D eigenvalue weighted by Gasteiger charge is -2.33. The summed E-state index contributed by atoms with van der Waals surface area (Å²) >= 11 is 6.00. The van der Waals surface area contributed by atoms with E-state index in [2.05, 4.69) is 18.8 Å². The standard InChI is InChI=1S/C17H24ClNO2/c1-11(2)14-9-12(10-15(18)19-14)16(20)21-13-5-7-17(3,4)8-6-13/h9-11,13H,5-8H2,1-4H3. The fourth-order valence-corrected chi connectivity index (χ4v) is 2.86. The lowest BCUT2D eigenvalue weighted by Crippen LogP contribution is -2.28. The Labute approximate surface area is 132 Å². The van der Waals surface area contributed by atoms with Crippen LogP contribution in [-0.4, -0.2) is 17.1 Å². The van der Waals surface area contributed by atoms with Gasteiger partial charge in [-0.25, -0.2) is 9.78 Å². The van der Waals surface area contributed by atoms with Crippen molar-refractivity contribution in [2.24, 2.45) is 5.41 Å². The van der Waals surface area contributed by atoms with E-state index in [1.807, 2.05) is 13.8 Å². The molecule has 1 aliphatic carbocycles. The van der Waals surface area contributed by atoms with Gasteiger partial charge in [0.15, 0.2) is 0 Å². The molecular weight excluding hydrogens is 286 g/mol. The Bertz CT molecular complexity index is 516. The number of nitrogens with zero attached hydrogens (tertiary/aromatic N) is 1. The number of halogens is 1. The molecule has 0 N–H and O–H groups in total. The maximum Gasteiger partial charge on any atom is 0.338 e. The van der Waals surface area contributed by atoms with E-state index in [1.165, 1.54) is 0 Å². The highest BCUT2D eigenvalue weighted by Gasteiger charge is 2.29. The molecule has 1 fully saturated rings. The Kier molecular flexibility index (Phi) is 4.92. The van der Waals surface area contributed by atoms with Gasteiger partial charge in [0.1, 0.15) is 11.3 Å². The van der Waals surface area contributed by atoms with Gasteiger partial charge in [0, 0.05) is 5.69 Å². The van der Waals surface area contributed by atoms with Crippen LogP contribution in [0.5, 0.6) is 0 Å². The van der Waals surface area contributed by atoms with Crippen LogP contribution in [0.15, 0.2) is 12.1 Å². The average Bonchev–Trinajstić information content (AvgIpc) is 2.40. The fraction of sp³-hybridized carbons (Fsp3) is 0.647. The van der Waals surface area contributed by atoms with Gasteiger partial charge in [-0.05, 0) is 49.1 Å². The second-order valence-corrected chi connectivity index (χ2v) is 7.41. The second kappa shape index (κ2) is 6.35. The van der Waals surface area contributed by atoms with Gasteiger partial charge in [-0.3, -0.25) is 0 Å². The van der Waals surface area contributed by atoms with Gasteiger partial charge in [0.05, 0.1) is 5.56 Å². The number of aromatic nitrogens is 1. The fourth-order valence-electron chi connectivity index (χ4n) is 2.64. The zero-order chi connectivity index (χ0) is 15.6. The Balaban J connectivity index is 2.04. The minimum Gasteiger partial charge on any atom is -0.459 e. The van der Waals surface area contributed by atoms with Gasteiger partial charge >= 0.3 is 5.97 Å². The third-order valence-corrected chi connectivity index (χ3v) is 4.39. The molecule has 1 heterocycles. The molecule has 116 valence electrons. The highest BCUT2D eigenvalue weighted by Crippen LogP contribution is 2.36. The molecule has 0 unspecified atom stereocenters. The summed E-state index contributed by atoms with van der Waals surface area (Å²) in [7, 11) is 0. The Morgan fingerprint density at radius 2 is 1.95 bits per heavy atom. The summed E-state index contributed by atoms with van der Waals surface area (Å²) in [6, 6.07) is 3.37. The lowest BCUT2D eigenvalue weighted by molar-refractivity contribution is 0.00949. The topological polar surface area (TPSA) is 39.2 Å². The first-order valence-electron chi connectivity index (χ1n) is 7.65. The summed E-state index contributed by atoms with van der Waals surface area (Å²) in [6.07, 6.45) is 4.10. The van der Waals surface area contributed by atoms with Gasteiger partial charge in [0.2, 0.25) is 0 Å². The van der Waals surface area contributed by atoms with Crippen molar-refractivity contribution in [3.05, 3.63) is 28.5 Å². The first kappa shape index (κ1) is 16.3. The lowest BCUT2D eigenvalue weighted by atomic mass is 9.76. The predicted molar refractivity (Wildman–Crippen MR) is 84.8 cm³/mol. The minimum absolute atomic E-state index is 0.0277. The monoisotopic (exact) mass is 309 g/mol. The van der Waals surface area contributed by atoms with Crippen molar-refractivity contribution in [2.75, 3.05) is 0 Å². The van der Waals surface area contributed by atoms with E-state index in [-0.39, 0.29) is 18.0 Å². The zero-order valence-electron chi connectivity index (χ0n) is 13.3. The third-order valence-electron chi connectivity index (χ3n) is 4.20. The van der Waals surface area contributed by atoms with E-state index in [1.54, 1.807) is 12.1 Å². The molecule has 0 atom stereocenters. The van der Waals surface area contributed by atoms with Gasteiger partial charge in [-0.2, -0.15) is 0 Å². The van der Waals surface area contributed by atoms with E-state index in [9.17, 15) is 4.79 Å². The van der Waals surface area contributed by atoms with Crippen LogP contribution >= 0.6 is 11.6 Å². The summed E-state index contributed by atoms with van der Waals surface area (Å²) < 4.78 is 5.64. The zero-order valence-corrected chi connectivity index (χ0v) is 14.0. The molecule has 0 spiro atoms. The van der Waals surface area contributed by atoms with Crippen LogP contribution in [-0.2, 0) is 4.74 Å². The Morgan fingerprint density at radius 3 is 2.52 bits per heavy atom. The molecule has 1 aliphatic rings. The largest absolute Gasteiger partial charge is 0.459 e. The van der Waals surface area contributed by atoms with Gasteiger partial charge in [-0.15, -0.1) is 0 Å². The highest BCUT2D eigenvalue weighted by atomic mass is 35.5. The summed E-state index contributed by atoms with van der Waals surface area (Å²) in [5.41, 5.74) is 1.69. The van der Waals surface area contributed by atoms with E-state index in [0.29, 0.717) is 16.1 Å². The van der Waals surface area contributed by atoms with E-state index >= 15 is 0 Å². The molecule has 0 saturated heterocycles. The van der Waals surface area contributed by atoms with Crippen LogP contribution in [0.25, 0.3) is 0 Å². The van der Waals surface area contributed by atoms with Crippen LogP contribution in [0.4, 0.5) is 0 Å². The van der Waals surface area contributed by atoms with Crippen LogP contribution in [0.3, 0.4) is 0 Å². The van der Waals surface area contributed by atoms with Crippen LogP contribution in [0.1, 0.15) is 75.3 Å². The van der Waals surface area contributed by atoms with Crippen molar-refractivity contribution in [3.63, 3.8) is 0 Å². The summed E-state index contributed by atoms with van der Waals surface area (Å²) in [6.45, 7) is 8.58. The minimum atomic E-state index is -0.286. The normalized spacial score (nSPS) is 18.8. The smallest absolute Gasteiger partial charge is 0.338 e. The van der Waals surface area contributed by atoms with Crippen molar-refractivity contribution in [3.8, 4) is 0 Å². The molecule has 4 heteroatoms. The molecule has 0 amide bonds. The van der Waals surface area contributed by atoms with Crippen molar-refractivity contribution in [1.29, 1.82) is 0 Å². The molecule has 3 nitrogen and oxygen atoms in total. The molecule has 1 saturated carbocycles. The van der Waals surface area contributed by atoms with Gasteiger partial charge in [0.25, 0.3) is 0 Å². The average molecular weight is 310 g/mol. The second-order valence-electron chi connectivity index (χ2n) is 7.03. The molecule has 1 aromatic heterocycles. The third kappa shape index (κ3) is 4.44. The Hall–Kier alpha value is -1.09. The Morgan fingerprint density at radius 1 is 1.33 bits per heavy atom. The highest BCUT2D eigenvalue weighted by molar-refractivity contribution is 6.29. The maximum absolute atomic E-state index is 12.3. The van der Waals surface area contributed by atoms with E-state index in [0.717, 1.165) is 31.4 Å². The number of esters is 1. The quantitative estimate of drug-likeness (QED) is 0.583. The van der Waals surface area contributed by atoms with Crippen molar-refractivity contribution >= 4 is 17.6 Å². The van der Waals surface area contributed by atoms with Crippen LogP contribution in [0, 0.1) is 5.41 Å². The number of pyridine rings is 1. The molecule has 1 aromatic rings. The first-order chi connectivity index (χ1) is 9.77. The number of carbonyl (C=O) groups is 1. The molecule has 0 aromatic carbocycles. The number of hydrogen-bond acceptors (Lipinski definition) is 3. The number of ether oxygens (including phenoxy) is 1. The SMILES string of the molecule is CC(C)c1cc(C(=O)OC2CCC(C)(C)CC2)cc(Cl)n1. The predicted octanol–water partition coefficient (Wildman–Crippen LogP) is 4.98. The van der Waals surface area contributed by atoms with Gasteiger partial charge in [-0.1, -0.05) is 39.3 Å². The summed E-state index contributed by atoms with van der Waals surface area (Å²) in [5.74, 6) is -0.0587. The van der Waals surface area contributed by atoms with Crippen molar-refractivity contribution in [1.82, 2.24) is 4.98 Å². The van der Waals surface area contributed by atoms with E-state index < -0.39 is 0 Å². The van der Waals surface area contributed by atoms with Crippen molar-refractivity contribution in [2.45, 2.75) is 65.4 Å². The molecular formula is C17H24ClNO2. The molecule has 0 radical (unpaired) electrons. The number of carbonyl (C=O) groups excluding carboxylic acids is 1. The molecule has 0 aliphatic heterocycles. The maximum atomic E-state index is 12.3. The van der Waals surface area contributed by atoms with Gasteiger partial charge < -0.3 is 4.74 Å². The number of rotatable bonds is 3.